The van der Waals surface area contributed by atoms with Crippen LogP contribution in [0.1, 0.15) is 20.3 Å². The molecule has 0 aliphatic carbocycles. The third kappa shape index (κ3) is 3.02. The second-order valence-electron chi connectivity index (χ2n) is 6.37. The minimum atomic E-state index is -4.59. The first-order chi connectivity index (χ1) is 9.61. The van der Waals surface area contributed by atoms with Crippen molar-refractivity contribution in [2.45, 2.75) is 38.1 Å². The van der Waals surface area contributed by atoms with Gasteiger partial charge in [0, 0.05) is 19.6 Å². The van der Waals surface area contributed by atoms with E-state index in [4.69, 9.17) is 4.74 Å². The first kappa shape index (κ1) is 16.5. The Bertz CT molecular complexity index is 406. The minimum absolute atomic E-state index is 0.0173. The first-order valence-electron chi connectivity index (χ1n) is 6.97. The van der Waals surface area contributed by atoms with Crippen molar-refractivity contribution in [1.29, 1.82) is 0 Å². The average Bonchev–Trinajstić information content (AvgIpc) is 2.85. The zero-order chi connectivity index (χ0) is 15.9. The zero-order valence-corrected chi connectivity index (χ0v) is 12.2. The van der Waals surface area contributed by atoms with Gasteiger partial charge in [-0.1, -0.05) is 0 Å². The van der Waals surface area contributed by atoms with Gasteiger partial charge >= 0.3 is 6.18 Å². The first-order valence-corrected chi connectivity index (χ1v) is 6.97. The number of hydrogen-bond acceptors (Lipinski definition) is 4. The molecule has 0 saturated carbocycles. The molecule has 2 fully saturated rings. The number of carbonyl (C=O) groups excluding carboxylic acids is 1. The van der Waals surface area contributed by atoms with Crippen molar-refractivity contribution in [3.63, 3.8) is 0 Å². The minimum Gasteiger partial charge on any atom is -0.394 e. The molecule has 0 aromatic rings. The number of nitrogens with one attached hydrogen (secondary N) is 1. The number of ether oxygens (including phenoxy) is 1. The molecule has 0 aromatic heterocycles. The Hall–Kier alpha value is -0.860. The molecule has 2 aliphatic heterocycles. The van der Waals surface area contributed by atoms with Crippen molar-refractivity contribution >= 4 is 5.91 Å². The smallest absolute Gasteiger partial charge is 0.394 e. The highest BCUT2D eigenvalue weighted by atomic mass is 19.4. The van der Waals surface area contributed by atoms with Gasteiger partial charge in [-0.25, -0.2) is 0 Å². The van der Waals surface area contributed by atoms with Crippen LogP contribution in [0.2, 0.25) is 0 Å². The van der Waals surface area contributed by atoms with Crippen molar-refractivity contribution in [2.24, 2.45) is 5.41 Å². The summed E-state index contributed by atoms with van der Waals surface area (Å²) in [6, 6.07) is 0. The van der Waals surface area contributed by atoms with Crippen LogP contribution in [0.5, 0.6) is 0 Å². The van der Waals surface area contributed by atoms with Gasteiger partial charge in [-0.15, -0.1) is 0 Å². The lowest BCUT2D eigenvalue weighted by molar-refractivity contribution is -0.229. The van der Waals surface area contributed by atoms with Gasteiger partial charge in [-0.05, 0) is 26.8 Å². The van der Waals surface area contributed by atoms with Crippen LogP contribution in [0.15, 0.2) is 0 Å². The van der Waals surface area contributed by atoms with Crippen LogP contribution in [0, 0.1) is 5.41 Å². The Morgan fingerprint density at radius 3 is 2.62 bits per heavy atom. The Labute approximate surface area is 121 Å². The van der Waals surface area contributed by atoms with Gasteiger partial charge in [-0.2, -0.15) is 13.2 Å². The summed E-state index contributed by atoms with van der Waals surface area (Å²) in [5.41, 5.74) is -3.14. The van der Waals surface area contributed by atoms with Crippen LogP contribution < -0.4 is 5.32 Å². The number of nitrogens with zero attached hydrogens (tertiary/aromatic N) is 1. The molecule has 2 saturated heterocycles. The number of carbonyl (C=O) groups is 1. The number of rotatable bonds is 2. The summed E-state index contributed by atoms with van der Waals surface area (Å²) in [7, 11) is 0. The molecule has 2 rings (SSSR count). The molecule has 2 heterocycles. The van der Waals surface area contributed by atoms with E-state index in [0.29, 0.717) is 0 Å². The van der Waals surface area contributed by atoms with Gasteiger partial charge in [0.15, 0.2) is 5.41 Å². The molecule has 1 amide bonds. The lowest BCUT2D eigenvalue weighted by Crippen LogP contribution is -2.61. The van der Waals surface area contributed by atoms with E-state index in [1.54, 1.807) is 13.8 Å². The number of morpholine rings is 1. The van der Waals surface area contributed by atoms with Crippen molar-refractivity contribution in [1.82, 2.24) is 10.2 Å². The maximum Gasteiger partial charge on any atom is 0.404 e. The van der Waals surface area contributed by atoms with Crippen LogP contribution in [0.25, 0.3) is 0 Å². The summed E-state index contributed by atoms with van der Waals surface area (Å²) in [5, 5.41) is 11.9. The zero-order valence-electron chi connectivity index (χ0n) is 12.2. The standard InChI is InChI=1S/C13H21F3N2O3/c1-11(2)8-18(5-9(6-19)21-11)10(20)12(13(14,15)16)3-4-17-7-12/h9,17,19H,3-8H2,1-2H3. The van der Waals surface area contributed by atoms with Gasteiger partial charge in [0.1, 0.15) is 0 Å². The van der Waals surface area contributed by atoms with Gasteiger partial charge < -0.3 is 20.1 Å². The third-order valence-corrected chi connectivity index (χ3v) is 4.08. The molecule has 8 heteroatoms. The summed E-state index contributed by atoms with van der Waals surface area (Å²) in [6.07, 6.45) is -5.50. The normalized spacial score (nSPS) is 33.2. The fraction of sp³-hybridized carbons (Fsp3) is 0.923. The van der Waals surface area contributed by atoms with E-state index in [-0.39, 0.29) is 32.7 Å². The van der Waals surface area contributed by atoms with Crippen LogP contribution in [-0.4, -0.2) is 66.6 Å². The molecule has 2 aliphatic rings. The van der Waals surface area contributed by atoms with Gasteiger partial charge in [0.2, 0.25) is 5.91 Å². The summed E-state index contributed by atoms with van der Waals surface area (Å²) in [5.74, 6) is -0.921. The lowest BCUT2D eigenvalue weighted by atomic mass is 9.83. The molecule has 0 bridgehead atoms. The summed E-state index contributed by atoms with van der Waals surface area (Å²) in [6.45, 7) is 2.91. The number of halogens is 3. The van der Waals surface area contributed by atoms with E-state index < -0.39 is 35.7 Å². The number of aliphatic hydroxyl groups is 1. The largest absolute Gasteiger partial charge is 0.404 e. The van der Waals surface area contributed by atoms with E-state index >= 15 is 0 Å². The summed E-state index contributed by atoms with van der Waals surface area (Å²) in [4.78, 5) is 13.7. The maximum atomic E-state index is 13.4. The number of hydrogen-bond donors (Lipinski definition) is 2. The molecule has 2 atom stereocenters. The Morgan fingerprint density at radius 2 is 2.14 bits per heavy atom. The van der Waals surface area contributed by atoms with Crippen molar-refractivity contribution in [2.75, 3.05) is 32.8 Å². The molecular weight excluding hydrogens is 289 g/mol. The van der Waals surface area contributed by atoms with Crippen LogP contribution in [0.3, 0.4) is 0 Å². The van der Waals surface area contributed by atoms with E-state index in [2.05, 4.69) is 5.32 Å². The van der Waals surface area contributed by atoms with E-state index in [0.717, 1.165) is 0 Å². The molecule has 122 valence electrons. The number of alkyl halides is 3. The molecular formula is C13H21F3N2O3. The quantitative estimate of drug-likeness (QED) is 0.781. The summed E-state index contributed by atoms with van der Waals surface area (Å²) >= 11 is 0. The lowest BCUT2D eigenvalue weighted by Gasteiger charge is -2.45. The van der Waals surface area contributed by atoms with Crippen LogP contribution in [-0.2, 0) is 9.53 Å². The highest BCUT2D eigenvalue weighted by Gasteiger charge is 2.63. The van der Waals surface area contributed by atoms with Crippen LogP contribution >= 0.6 is 0 Å². The molecule has 0 spiro atoms. The SMILES string of the molecule is CC1(C)CN(C(=O)C2(C(F)(F)F)CCNC2)CC(CO)O1. The van der Waals surface area contributed by atoms with Crippen molar-refractivity contribution in [3.8, 4) is 0 Å². The Kier molecular flexibility index (Phi) is 4.25. The third-order valence-electron chi connectivity index (χ3n) is 4.08. The Balaban J connectivity index is 2.25. The maximum absolute atomic E-state index is 13.4. The fourth-order valence-corrected chi connectivity index (χ4v) is 3.09. The van der Waals surface area contributed by atoms with E-state index in [9.17, 15) is 23.1 Å². The molecule has 0 radical (unpaired) electrons. The summed E-state index contributed by atoms with van der Waals surface area (Å²) < 4.78 is 45.8. The molecule has 0 aromatic carbocycles. The second-order valence-corrected chi connectivity index (χ2v) is 6.37. The van der Waals surface area contributed by atoms with E-state index in [1.807, 2.05) is 0 Å². The monoisotopic (exact) mass is 310 g/mol. The molecule has 2 unspecified atom stereocenters. The Morgan fingerprint density at radius 1 is 1.48 bits per heavy atom. The average molecular weight is 310 g/mol. The van der Waals surface area contributed by atoms with E-state index in [1.165, 1.54) is 4.90 Å². The predicted octanol–water partition coefficient (Wildman–Crippen LogP) is 0.527. The molecule has 2 N–H and O–H groups in total. The number of amides is 1. The fourth-order valence-electron chi connectivity index (χ4n) is 3.09. The highest BCUT2D eigenvalue weighted by Crippen LogP contribution is 2.45. The predicted molar refractivity (Wildman–Crippen MR) is 68.6 cm³/mol. The van der Waals surface area contributed by atoms with Gasteiger partial charge in [-0.3, -0.25) is 4.79 Å². The van der Waals surface area contributed by atoms with Crippen molar-refractivity contribution < 1.29 is 27.8 Å². The molecule has 5 nitrogen and oxygen atoms in total. The highest BCUT2D eigenvalue weighted by molar-refractivity contribution is 5.84. The van der Waals surface area contributed by atoms with Gasteiger partial charge in [0.05, 0.1) is 18.3 Å². The van der Waals surface area contributed by atoms with Crippen molar-refractivity contribution in [3.05, 3.63) is 0 Å². The molecule has 21 heavy (non-hydrogen) atoms. The second kappa shape index (κ2) is 5.40. The van der Waals surface area contributed by atoms with Gasteiger partial charge in [0.25, 0.3) is 0 Å². The van der Waals surface area contributed by atoms with Crippen LogP contribution in [0.4, 0.5) is 13.2 Å². The topological polar surface area (TPSA) is 61.8 Å². The number of aliphatic hydroxyl groups excluding tert-OH is 1.